The number of rotatable bonds is 10. The molecule has 0 aliphatic carbocycles. The van der Waals surface area contributed by atoms with E-state index in [1.54, 1.807) is 6.07 Å². The number of nitrogens with zero attached hydrogens (tertiary/aromatic N) is 2. The van der Waals surface area contributed by atoms with Gasteiger partial charge in [0.25, 0.3) is 0 Å². The van der Waals surface area contributed by atoms with E-state index in [2.05, 4.69) is 41.1 Å². The SMILES string of the molecule is CCN1/C(=C/C=C/C2=[N+](CC(=O)C(C)C)c3ccc(S(=O)(=O)[O-])cc3C2(C)C)C(C)(C)c2cc(SOO[O-])ccc21. The highest BCUT2D eigenvalue weighted by Crippen LogP contribution is 2.49. The zero-order valence-electron chi connectivity index (χ0n) is 24.3. The number of allylic oxidation sites excluding steroid dienone is 4. The molecule has 0 atom stereocenters. The zero-order chi connectivity index (χ0) is 30.3. The second-order valence-corrected chi connectivity index (χ2v) is 13.7. The number of anilines is 1. The van der Waals surface area contributed by atoms with Gasteiger partial charge in [0.05, 0.1) is 22.4 Å². The fraction of sp³-hybridized carbons (Fsp3) is 0.400. The molecule has 0 fully saturated rings. The van der Waals surface area contributed by atoms with Crippen LogP contribution in [0.15, 0.2) is 70.1 Å². The number of carbonyl (C=O) groups excluding carboxylic acids is 1. The van der Waals surface area contributed by atoms with Crippen LogP contribution in [-0.2, 0) is 35.1 Å². The molecular weight excluding hydrogens is 564 g/mol. The molecule has 41 heavy (non-hydrogen) atoms. The van der Waals surface area contributed by atoms with Crippen LogP contribution in [0.5, 0.6) is 0 Å². The van der Waals surface area contributed by atoms with Gasteiger partial charge < -0.3 is 14.7 Å². The predicted octanol–water partition coefficient (Wildman–Crippen LogP) is 4.68. The van der Waals surface area contributed by atoms with E-state index < -0.39 is 15.5 Å². The molecule has 2 aromatic carbocycles. The summed E-state index contributed by atoms with van der Waals surface area (Å²) < 4.78 is 41.8. The van der Waals surface area contributed by atoms with Crippen molar-refractivity contribution >= 4 is 45.0 Å². The van der Waals surface area contributed by atoms with Gasteiger partial charge in [-0.3, -0.25) is 9.83 Å². The normalized spacial score (nSPS) is 18.6. The number of Topliss-reactive ketones (excluding diaryl/α,β-unsaturated/α-hetero) is 1. The van der Waals surface area contributed by atoms with Crippen LogP contribution in [0.4, 0.5) is 11.4 Å². The third-order valence-corrected chi connectivity index (χ3v) is 9.36. The summed E-state index contributed by atoms with van der Waals surface area (Å²) in [5.74, 6) is -0.136. The maximum Gasteiger partial charge on any atom is 0.210 e. The van der Waals surface area contributed by atoms with E-state index in [4.69, 9.17) is 0 Å². The van der Waals surface area contributed by atoms with E-state index in [0.717, 1.165) is 46.1 Å². The van der Waals surface area contributed by atoms with Gasteiger partial charge in [-0.25, -0.2) is 8.42 Å². The summed E-state index contributed by atoms with van der Waals surface area (Å²) in [4.78, 5) is 15.6. The molecule has 0 aromatic heterocycles. The topological polar surface area (TPSA) is 122 Å². The molecule has 9 nitrogen and oxygen atoms in total. The van der Waals surface area contributed by atoms with Gasteiger partial charge in [-0.05, 0) is 62.7 Å². The molecule has 0 N–H and O–H groups in total. The van der Waals surface area contributed by atoms with Gasteiger partial charge in [0.15, 0.2) is 11.5 Å². The minimum Gasteiger partial charge on any atom is -0.744 e. The van der Waals surface area contributed by atoms with Crippen LogP contribution >= 0.6 is 12.0 Å². The van der Waals surface area contributed by atoms with Gasteiger partial charge in [0.2, 0.25) is 12.2 Å². The lowest BCUT2D eigenvalue weighted by atomic mass is 9.81. The van der Waals surface area contributed by atoms with Crippen LogP contribution in [0.2, 0.25) is 0 Å². The molecule has 2 aromatic rings. The summed E-state index contributed by atoms with van der Waals surface area (Å²) in [5, 5.41) is 13.8. The molecule has 0 unspecified atom stereocenters. The fourth-order valence-corrected chi connectivity index (χ4v) is 6.54. The highest BCUT2D eigenvalue weighted by Gasteiger charge is 2.45. The third kappa shape index (κ3) is 5.79. The van der Waals surface area contributed by atoms with E-state index in [9.17, 15) is 23.0 Å². The number of fused-ring (bicyclic) bond motifs is 2. The van der Waals surface area contributed by atoms with E-state index in [1.807, 2.05) is 62.6 Å². The predicted molar refractivity (Wildman–Crippen MR) is 155 cm³/mol. The Morgan fingerprint density at radius 2 is 1.80 bits per heavy atom. The maximum atomic E-state index is 12.9. The second kappa shape index (κ2) is 11.5. The van der Waals surface area contributed by atoms with Gasteiger partial charge in [-0.15, -0.1) is 0 Å². The van der Waals surface area contributed by atoms with Crippen molar-refractivity contribution in [2.75, 3.05) is 18.0 Å². The van der Waals surface area contributed by atoms with Gasteiger partial charge in [0.1, 0.15) is 10.1 Å². The summed E-state index contributed by atoms with van der Waals surface area (Å²) in [5.41, 5.74) is 4.37. The minimum absolute atomic E-state index is 0.0444. The Morgan fingerprint density at radius 3 is 2.41 bits per heavy atom. The van der Waals surface area contributed by atoms with E-state index in [1.165, 1.54) is 12.1 Å². The van der Waals surface area contributed by atoms with Crippen molar-refractivity contribution < 1.29 is 37.0 Å². The maximum absolute atomic E-state index is 12.9. The summed E-state index contributed by atoms with van der Waals surface area (Å²) in [7, 11) is -4.64. The summed E-state index contributed by atoms with van der Waals surface area (Å²) in [6, 6.07) is 10.2. The molecule has 11 heteroatoms. The number of carbonyl (C=O) groups is 1. The van der Waals surface area contributed by atoms with Crippen molar-refractivity contribution in [3.8, 4) is 0 Å². The fourth-order valence-electron chi connectivity index (χ4n) is 5.65. The first-order valence-corrected chi connectivity index (χ1v) is 15.5. The van der Waals surface area contributed by atoms with Crippen molar-refractivity contribution in [1.82, 2.24) is 0 Å². The second-order valence-electron chi connectivity index (χ2n) is 11.5. The van der Waals surface area contributed by atoms with Crippen LogP contribution < -0.4 is 10.2 Å². The van der Waals surface area contributed by atoms with Gasteiger partial charge in [-0.2, -0.15) is 8.91 Å². The molecule has 0 saturated heterocycles. The third-order valence-electron chi connectivity index (χ3n) is 7.96. The molecule has 0 saturated carbocycles. The van der Waals surface area contributed by atoms with Crippen molar-refractivity contribution in [2.24, 2.45) is 5.92 Å². The number of benzene rings is 2. The summed E-state index contributed by atoms with van der Waals surface area (Å²) in [6.07, 6.45) is 5.96. The quantitative estimate of drug-likeness (QED) is 0.126. The monoisotopic (exact) mass is 599 g/mol. The first kappa shape index (κ1) is 31.1. The largest absolute Gasteiger partial charge is 0.744 e. The van der Waals surface area contributed by atoms with Crippen molar-refractivity contribution in [2.45, 2.75) is 69.1 Å². The Labute approximate surface area is 246 Å². The van der Waals surface area contributed by atoms with Crippen molar-refractivity contribution in [3.63, 3.8) is 0 Å². The number of likely N-dealkylation sites (N-methyl/N-ethyl adjacent to an activating group) is 1. The van der Waals surface area contributed by atoms with Crippen molar-refractivity contribution in [1.29, 1.82) is 0 Å². The molecule has 2 aliphatic rings. The highest BCUT2D eigenvalue weighted by molar-refractivity contribution is 7.94. The molecule has 0 amide bonds. The summed E-state index contributed by atoms with van der Waals surface area (Å²) >= 11 is 0.855. The average Bonchev–Trinajstić information content (AvgIpc) is 3.25. The minimum atomic E-state index is -4.64. The molecule has 0 radical (unpaired) electrons. The van der Waals surface area contributed by atoms with E-state index in [-0.39, 0.29) is 28.6 Å². The van der Waals surface area contributed by atoms with E-state index >= 15 is 0 Å². The molecular formula is C30H35N2O7S2-. The van der Waals surface area contributed by atoms with Crippen molar-refractivity contribution in [3.05, 3.63) is 71.5 Å². The van der Waals surface area contributed by atoms with Crippen LogP contribution in [0, 0.1) is 5.92 Å². The first-order chi connectivity index (χ1) is 19.1. The number of hydrogen-bond acceptors (Lipinski definition) is 9. The van der Waals surface area contributed by atoms with Gasteiger partial charge >= 0.3 is 0 Å². The van der Waals surface area contributed by atoms with Crippen LogP contribution in [0.25, 0.3) is 0 Å². The Kier molecular flexibility index (Phi) is 8.71. The Morgan fingerprint density at radius 1 is 1.10 bits per heavy atom. The van der Waals surface area contributed by atoms with Gasteiger partial charge in [-0.1, -0.05) is 33.8 Å². The first-order valence-electron chi connectivity index (χ1n) is 13.4. The molecule has 4 rings (SSSR count). The van der Waals surface area contributed by atoms with E-state index in [0.29, 0.717) is 11.3 Å². The zero-order valence-corrected chi connectivity index (χ0v) is 25.9. The number of ketones is 1. The van der Waals surface area contributed by atoms with Crippen LogP contribution in [0.3, 0.4) is 0 Å². The average molecular weight is 600 g/mol. The molecule has 0 spiro atoms. The highest BCUT2D eigenvalue weighted by atomic mass is 32.2. The molecule has 2 heterocycles. The Hall–Kier alpha value is -2.80. The Bertz CT molecular complexity index is 1570. The van der Waals surface area contributed by atoms with Crippen LogP contribution in [-0.4, -0.2) is 42.1 Å². The molecule has 0 bridgehead atoms. The lowest BCUT2D eigenvalue weighted by Crippen LogP contribution is -2.30. The van der Waals surface area contributed by atoms with Gasteiger partial charge in [0, 0.05) is 51.9 Å². The molecule has 220 valence electrons. The number of hydrogen-bond donors (Lipinski definition) is 0. The molecule has 2 aliphatic heterocycles. The van der Waals surface area contributed by atoms with Crippen LogP contribution in [0.1, 0.15) is 59.6 Å². The Balaban J connectivity index is 1.78. The lowest BCUT2D eigenvalue weighted by Gasteiger charge is -2.25. The standard InChI is InChI=1S/C30H36N2O7S2/c1-8-31-24-14-12-20(40-39-38-34)16-22(24)29(4,5)27(31)10-9-11-28-30(6,7)23-17-21(41(35,36)37)13-15-25(23)32(28)18-26(33)19(2)3/h9-17,19H,8,18H2,1-7H3,(H-,34,35,36,37)/p-1. The smallest absolute Gasteiger partial charge is 0.210 e. The lowest BCUT2D eigenvalue weighted by molar-refractivity contribution is -0.777. The summed E-state index contributed by atoms with van der Waals surface area (Å²) in [6.45, 7) is 14.8.